The molecule has 0 aliphatic carbocycles. The van der Waals surface area contributed by atoms with Crippen molar-refractivity contribution in [3.63, 3.8) is 0 Å². The van der Waals surface area contributed by atoms with Crippen LogP contribution in [0.15, 0.2) is 29.2 Å². The molecule has 2 rings (SSSR count). The van der Waals surface area contributed by atoms with Gasteiger partial charge in [0.2, 0.25) is 5.91 Å². The predicted molar refractivity (Wildman–Crippen MR) is 97.5 cm³/mol. The van der Waals surface area contributed by atoms with Crippen LogP contribution in [-0.2, 0) is 14.6 Å². The first kappa shape index (κ1) is 21.4. The summed E-state index contributed by atoms with van der Waals surface area (Å²) in [5.74, 6) is -0.605. The summed E-state index contributed by atoms with van der Waals surface area (Å²) in [6.07, 6.45) is 2.57. The van der Waals surface area contributed by atoms with Crippen LogP contribution in [0.3, 0.4) is 0 Å². The molecule has 2 amide bonds. The minimum atomic E-state index is -3.37. The van der Waals surface area contributed by atoms with Gasteiger partial charge in [0.05, 0.1) is 10.8 Å². The smallest absolute Gasteiger partial charge is 0.253 e. The molecule has 1 aromatic rings. The lowest BCUT2D eigenvalue weighted by molar-refractivity contribution is -0.126. The van der Waals surface area contributed by atoms with Gasteiger partial charge < -0.3 is 16.0 Å². The largest absolute Gasteiger partial charge is 0.355 e. The molecule has 9 heteroatoms. The highest BCUT2D eigenvalue weighted by Crippen LogP contribution is 2.20. The molecule has 1 atom stereocenters. The van der Waals surface area contributed by atoms with E-state index >= 15 is 0 Å². The maximum absolute atomic E-state index is 12.6. The molecule has 0 radical (unpaired) electrons. The number of likely N-dealkylation sites (tertiary alicyclic amines) is 1. The summed E-state index contributed by atoms with van der Waals surface area (Å²) in [6, 6.07) is 6.00. The molecule has 0 bridgehead atoms. The molecule has 1 aliphatic rings. The lowest BCUT2D eigenvalue weighted by atomic mass is 9.96. The average Bonchev–Trinajstić information content (AvgIpc) is 2.58. The second-order valence-corrected chi connectivity index (χ2v) is 7.99. The second kappa shape index (κ2) is 9.17. The number of carbonyl (C=O) groups excluding carboxylic acids is 2. The summed E-state index contributed by atoms with van der Waals surface area (Å²) < 4.78 is 23.3. The van der Waals surface area contributed by atoms with E-state index in [2.05, 4.69) is 5.32 Å². The van der Waals surface area contributed by atoms with Crippen LogP contribution in [-0.4, -0.2) is 57.6 Å². The lowest BCUT2D eigenvalue weighted by Crippen LogP contribution is -2.46. The second-order valence-electron chi connectivity index (χ2n) is 5.97. The van der Waals surface area contributed by atoms with Crippen LogP contribution in [0, 0.1) is 5.92 Å². The van der Waals surface area contributed by atoms with Crippen molar-refractivity contribution in [2.24, 2.45) is 11.7 Å². The van der Waals surface area contributed by atoms with E-state index in [-0.39, 0.29) is 35.0 Å². The van der Waals surface area contributed by atoms with E-state index in [1.54, 1.807) is 17.0 Å². The third-order valence-corrected chi connectivity index (χ3v) is 5.14. The van der Waals surface area contributed by atoms with E-state index in [9.17, 15) is 18.0 Å². The van der Waals surface area contributed by atoms with Crippen molar-refractivity contribution in [2.75, 3.05) is 32.4 Å². The zero-order chi connectivity index (χ0) is 17.7. The highest BCUT2D eigenvalue weighted by atomic mass is 35.5. The number of carbonyl (C=O) groups is 2. The number of benzene rings is 1. The van der Waals surface area contributed by atoms with Gasteiger partial charge in [-0.05, 0) is 31.0 Å². The molecular formula is C16H24ClN3O4S. The van der Waals surface area contributed by atoms with Crippen molar-refractivity contribution in [3.05, 3.63) is 29.8 Å². The van der Waals surface area contributed by atoms with E-state index in [4.69, 9.17) is 5.73 Å². The standard InChI is InChI=1S/C16H23N3O4S.ClH/c1-24(22,23)14-6-2-4-12(10-14)16(21)19-9-3-5-13(11-19)15(20)18-8-7-17;/h2,4,6,10,13H,3,5,7-9,11,17H2,1H3,(H,18,20);1H. The number of rotatable bonds is 5. The van der Waals surface area contributed by atoms with Crippen LogP contribution in [0.2, 0.25) is 0 Å². The number of hydrogen-bond donors (Lipinski definition) is 2. The first-order valence-electron chi connectivity index (χ1n) is 7.90. The summed E-state index contributed by atoms with van der Waals surface area (Å²) >= 11 is 0. The van der Waals surface area contributed by atoms with E-state index < -0.39 is 9.84 Å². The molecule has 1 unspecified atom stereocenters. The highest BCUT2D eigenvalue weighted by molar-refractivity contribution is 7.90. The lowest BCUT2D eigenvalue weighted by Gasteiger charge is -2.32. The van der Waals surface area contributed by atoms with Crippen molar-refractivity contribution < 1.29 is 18.0 Å². The summed E-state index contributed by atoms with van der Waals surface area (Å²) in [6.45, 7) is 1.68. The number of sulfone groups is 1. The molecule has 0 spiro atoms. The zero-order valence-corrected chi connectivity index (χ0v) is 15.7. The number of nitrogens with two attached hydrogens (primary N) is 1. The molecule has 3 N–H and O–H groups in total. The number of nitrogens with zero attached hydrogens (tertiary/aromatic N) is 1. The average molecular weight is 390 g/mol. The SMILES string of the molecule is CS(=O)(=O)c1cccc(C(=O)N2CCCC(C(=O)NCCN)C2)c1.Cl. The quantitative estimate of drug-likeness (QED) is 0.759. The molecular weight excluding hydrogens is 366 g/mol. The molecule has 1 aliphatic heterocycles. The van der Waals surface area contributed by atoms with Gasteiger partial charge in [-0.25, -0.2) is 8.42 Å². The van der Waals surface area contributed by atoms with Gasteiger partial charge in [-0.15, -0.1) is 12.4 Å². The Morgan fingerprint density at radius 3 is 2.72 bits per heavy atom. The monoisotopic (exact) mass is 389 g/mol. The van der Waals surface area contributed by atoms with Gasteiger partial charge in [-0.3, -0.25) is 9.59 Å². The van der Waals surface area contributed by atoms with Crippen molar-refractivity contribution in [1.82, 2.24) is 10.2 Å². The summed E-state index contributed by atoms with van der Waals surface area (Å²) in [5.41, 5.74) is 5.70. The van der Waals surface area contributed by atoms with Gasteiger partial charge in [-0.1, -0.05) is 6.07 Å². The van der Waals surface area contributed by atoms with Gasteiger partial charge in [-0.2, -0.15) is 0 Å². The number of nitrogens with one attached hydrogen (secondary N) is 1. The first-order chi connectivity index (χ1) is 11.3. The molecule has 0 saturated carbocycles. The Kier molecular flexibility index (Phi) is 7.85. The van der Waals surface area contributed by atoms with Gasteiger partial charge in [0, 0.05) is 38.0 Å². The Morgan fingerprint density at radius 2 is 2.08 bits per heavy atom. The summed E-state index contributed by atoms with van der Waals surface area (Å²) in [7, 11) is -3.37. The van der Waals surface area contributed by atoms with Crippen LogP contribution < -0.4 is 11.1 Å². The summed E-state index contributed by atoms with van der Waals surface area (Å²) in [5, 5.41) is 2.75. The topological polar surface area (TPSA) is 110 Å². The van der Waals surface area contributed by atoms with E-state index in [1.165, 1.54) is 12.1 Å². The predicted octanol–water partition coefficient (Wildman–Crippen LogP) is 0.439. The maximum atomic E-state index is 12.6. The Labute approximate surface area is 154 Å². The fraction of sp³-hybridized carbons (Fsp3) is 0.500. The number of hydrogen-bond acceptors (Lipinski definition) is 5. The number of piperidine rings is 1. The molecule has 7 nitrogen and oxygen atoms in total. The normalized spacial score (nSPS) is 17.5. The van der Waals surface area contributed by atoms with Crippen molar-refractivity contribution >= 4 is 34.1 Å². The minimum absolute atomic E-state index is 0. The highest BCUT2D eigenvalue weighted by Gasteiger charge is 2.29. The Hall–Kier alpha value is -1.64. The molecule has 1 saturated heterocycles. The first-order valence-corrected chi connectivity index (χ1v) is 9.79. The number of amides is 2. The van der Waals surface area contributed by atoms with Gasteiger partial charge in [0.15, 0.2) is 9.84 Å². The minimum Gasteiger partial charge on any atom is -0.355 e. The molecule has 0 aromatic heterocycles. The van der Waals surface area contributed by atoms with E-state index in [0.29, 0.717) is 31.7 Å². The van der Waals surface area contributed by atoms with Crippen LogP contribution in [0.1, 0.15) is 23.2 Å². The van der Waals surface area contributed by atoms with Crippen molar-refractivity contribution in [1.29, 1.82) is 0 Å². The molecule has 140 valence electrons. The molecule has 25 heavy (non-hydrogen) atoms. The van der Waals surface area contributed by atoms with Gasteiger partial charge in [0.25, 0.3) is 5.91 Å². The Bertz CT molecular complexity index is 724. The fourth-order valence-electron chi connectivity index (χ4n) is 2.76. The fourth-order valence-corrected chi connectivity index (χ4v) is 3.42. The number of halogens is 1. The molecule has 1 heterocycles. The van der Waals surface area contributed by atoms with Crippen LogP contribution in [0.5, 0.6) is 0 Å². The maximum Gasteiger partial charge on any atom is 0.253 e. The zero-order valence-electron chi connectivity index (χ0n) is 14.1. The van der Waals surface area contributed by atoms with E-state index in [0.717, 1.165) is 19.1 Å². The molecule has 1 fully saturated rings. The van der Waals surface area contributed by atoms with Crippen LogP contribution in [0.25, 0.3) is 0 Å². The van der Waals surface area contributed by atoms with Crippen LogP contribution >= 0.6 is 12.4 Å². The van der Waals surface area contributed by atoms with Crippen molar-refractivity contribution in [3.8, 4) is 0 Å². The third-order valence-electron chi connectivity index (χ3n) is 4.03. The van der Waals surface area contributed by atoms with Gasteiger partial charge in [0.1, 0.15) is 0 Å². The Balaban J connectivity index is 0.00000312. The third kappa shape index (κ3) is 5.69. The van der Waals surface area contributed by atoms with Gasteiger partial charge >= 0.3 is 0 Å². The van der Waals surface area contributed by atoms with E-state index in [1.807, 2.05) is 0 Å². The summed E-state index contributed by atoms with van der Waals surface area (Å²) in [4.78, 5) is 26.4. The Morgan fingerprint density at radius 1 is 1.36 bits per heavy atom. The van der Waals surface area contributed by atoms with Crippen molar-refractivity contribution in [2.45, 2.75) is 17.7 Å². The molecule has 1 aromatic carbocycles. The van der Waals surface area contributed by atoms with Crippen LogP contribution in [0.4, 0.5) is 0 Å².